The number of aromatic nitrogens is 1. The van der Waals surface area contributed by atoms with Gasteiger partial charge in [0.2, 0.25) is 10.0 Å². The molecule has 0 spiro atoms. The summed E-state index contributed by atoms with van der Waals surface area (Å²) in [7, 11) is -3.57. The Morgan fingerprint density at radius 1 is 1.14 bits per heavy atom. The zero-order valence-electron chi connectivity index (χ0n) is 20.9. The van der Waals surface area contributed by atoms with Crippen LogP contribution in [-0.4, -0.2) is 56.0 Å². The Kier molecular flexibility index (Phi) is 7.44. The summed E-state index contributed by atoms with van der Waals surface area (Å²) in [6.45, 7) is 6.46. The van der Waals surface area contributed by atoms with Gasteiger partial charge in [-0.25, -0.2) is 13.4 Å². The van der Waals surface area contributed by atoms with E-state index in [9.17, 15) is 13.2 Å². The number of ether oxygens (including phenoxy) is 1. The van der Waals surface area contributed by atoms with Crippen molar-refractivity contribution in [1.82, 2.24) is 9.29 Å². The fourth-order valence-electron chi connectivity index (χ4n) is 4.93. The van der Waals surface area contributed by atoms with Gasteiger partial charge in [0.05, 0.1) is 27.8 Å². The number of hydrogen-bond donors (Lipinski definition) is 0. The van der Waals surface area contributed by atoms with Crippen LogP contribution in [-0.2, 0) is 21.2 Å². The van der Waals surface area contributed by atoms with Gasteiger partial charge in [0.15, 0.2) is 5.13 Å². The van der Waals surface area contributed by atoms with E-state index in [1.54, 1.807) is 33.5 Å². The highest BCUT2D eigenvalue weighted by molar-refractivity contribution is 7.89. The number of para-hydroxylation sites is 1. The van der Waals surface area contributed by atoms with E-state index in [0.29, 0.717) is 42.9 Å². The molecular weight excluding hydrogens is 494 g/mol. The molecule has 9 heteroatoms. The van der Waals surface area contributed by atoms with Crippen molar-refractivity contribution in [1.29, 1.82) is 0 Å². The van der Waals surface area contributed by atoms with Crippen molar-refractivity contribution in [3.05, 3.63) is 53.6 Å². The monoisotopic (exact) mass is 527 g/mol. The summed E-state index contributed by atoms with van der Waals surface area (Å²) in [5.41, 5.74) is 2.53. The number of hydrogen-bond acceptors (Lipinski definition) is 6. The van der Waals surface area contributed by atoms with E-state index in [-0.39, 0.29) is 16.9 Å². The van der Waals surface area contributed by atoms with Crippen molar-refractivity contribution < 1.29 is 17.9 Å². The lowest BCUT2D eigenvalue weighted by Gasteiger charge is -2.29. The lowest BCUT2D eigenvalue weighted by Crippen LogP contribution is -2.38. The number of benzene rings is 2. The molecule has 0 saturated carbocycles. The number of carbonyl (C=O) groups excluding carboxylic acids is 1. The lowest BCUT2D eigenvalue weighted by atomic mass is 10.0. The maximum absolute atomic E-state index is 13.7. The standard InChI is InChI=1S/C27H33N3O4S2/c1-3-20-6-4-8-24-25(20)28-27(35-24)30(18-22-7-5-17-34-22)26(31)21-9-11-23(12-10-21)36(32,33)29-15-13-19(2)14-16-29/h4,6,8-12,19,22H,3,5,7,13-18H2,1-2H3. The molecule has 1 unspecified atom stereocenters. The summed E-state index contributed by atoms with van der Waals surface area (Å²) in [4.78, 5) is 20.5. The van der Waals surface area contributed by atoms with Crippen LogP contribution in [0.25, 0.3) is 10.2 Å². The Morgan fingerprint density at radius 3 is 2.56 bits per heavy atom. The first-order valence-corrected chi connectivity index (χ1v) is 15.0. The molecule has 2 aliphatic rings. The Balaban J connectivity index is 1.43. The first-order valence-electron chi connectivity index (χ1n) is 12.8. The number of anilines is 1. The van der Waals surface area contributed by atoms with Gasteiger partial charge in [-0.15, -0.1) is 0 Å². The van der Waals surface area contributed by atoms with Gasteiger partial charge < -0.3 is 4.74 Å². The van der Waals surface area contributed by atoms with E-state index < -0.39 is 10.0 Å². The maximum Gasteiger partial charge on any atom is 0.260 e. The quantitative estimate of drug-likeness (QED) is 0.427. The molecule has 2 aromatic carbocycles. The van der Waals surface area contributed by atoms with Crippen LogP contribution in [0.5, 0.6) is 0 Å². The number of nitrogens with zero attached hydrogens (tertiary/aromatic N) is 3. The summed E-state index contributed by atoms with van der Waals surface area (Å²) >= 11 is 1.50. The number of piperidine rings is 1. The minimum absolute atomic E-state index is 0.0345. The van der Waals surface area contributed by atoms with Crippen molar-refractivity contribution in [3.63, 3.8) is 0 Å². The van der Waals surface area contributed by atoms with E-state index in [1.807, 2.05) is 12.1 Å². The van der Waals surface area contributed by atoms with E-state index >= 15 is 0 Å². The van der Waals surface area contributed by atoms with Crippen LogP contribution in [0.15, 0.2) is 47.4 Å². The summed E-state index contributed by atoms with van der Waals surface area (Å²) in [6.07, 6.45) is 4.46. The van der Waals surface area contributed by atoms with Crippen LogP contribution in [0.2, 0.25) is 0 Å². The maximum atomic E-state index is 13.7. The average molecular weight is 528 g/mol. The Bertz CT molecular complexity index is 1320. The highest BCUT2D eigenvalue weighted by atomic mass is 32.2. The molecule has 0 aliphatic carbocycles. The van der Waals surface area contributed by atoms with Crippen molar-refractivity contribution >= 4 is 42.6 Å². The molecule has 0 radical (unpaired) electrons. The number of aryl methyl sites for hydroxylation is 1. The van der Waals surface area contributed by atoms with Gasteiger partial charge in [-0.2, -0.15) is 4.31 Å². The number of sulfonamides is 1. The molecule has 36 heavy (non-hydrogen) atoms. The Morgan fingerprint density at radius 2 is 1.89 bits per heavy atom. The second kappa shape index (κ2) is 10.6. The number of amides is 1. The van der Waals surface area contributed by atoms with Crippen molar-refractivity contribution in [2.24, 2.45) is 5.92 Å². The zero-order chi connectivity index (χ0) is 25.3. The molecule has 192 valence electrons. The number of carbonyl (C=O) groups is 1. The minimum atomic E-state index is -3.57. The van der Waals surface area contributed by atoms with Gasteiger partial charge in [0.25, 0.3) is 5.91 Å². The van der Waals surface area contributed by atoms with Crippen molar-refractivity contribution in [3.8, 4) is 0 Å². The van der Waals surface area contributed by atoms with Gasteiger partial charge in [-0.05, 0) is 73.9 Å². The molecule has 5 rings (SSSR count). The molecule has 2 saturated heterocycles. The molecular formula is C27H33N3O4S2. The number of fused-ring (bicyclic) bond motifs is 1. The molecule has 7 nitrogen and oxygen atoms in total. The third kappa shape index (κ3) is 5.07. The molecule has 0 bridgehead atoms. The van der Waals surface area contributed by atoms with Gasteiger partial charge in [-0.1, -0.05) is 37.3 Å². The molecule has 2 fully saturated rings. The lowest BCUT2D eigenvalue weighted by molar-refractivity contribution is 0.0917. The first kappa shape index (κ1) is 25.3. The third-order valence-corrected chi connectivity index (χ3v) is 10.2. The average Bonchev–Trinajstić information content (AvgIpc) is 3.57. The SMILES string of the molecule is CCc1cccc2sc(N(CC3CCCO3)C(=O)c3ccc(S(=O)(=O)N4CCC(C)CC4)cc3)nc12. The second-order valence-corrected chi connectivity index (χ2v) is 12.7. The fraction of sp³-hybridized carbons (Fsp3) is 0.481. The second-order valence-electron chi connectivity index (χ2n) is 9.78. The van der Waals surface area contributed by atoms with E-state index in [4.69, 9.17) is 9.72 Å². The van der Waals surface area contributed by atoms with Gasteiger partial charge in [-0.3, -0.25) is 9.69 Å². The summed E-state index contributed by atoms with van der Waals surface area (Å²) in [5.74, 6) is 0.348. The summed E-state index contributed by atoms with van der Waals surface area (Å²) < 4.78 is 34.7. The van der Waals surface area contributed by atoms with Crippen LogP contribution in [0.3, 0.4) is 0 Å². The first-order chi connectivity index (χ1) is 17.4. The molecule has 1 atom stereocenters. The molecule has 0 N–H and O–H groups in total. The minimum Gasteiger partial charge on any atom is -0.376 e. The predicted octanol–water partition coefficient (Wildman–Crippen LogP) is 5.11. The molecule has 1 amide bonds. The van der Waals surface area contributed by atoms with Crippen LogP contribution in [0.4, 0.5) is 5.13 Å². The van der Waals surface area contributed by atoms with Crippen molar-refractivity contribution in [2.45, 2.75) is 57.0 Å². The van der Waals surface area contributed by atoms with Crippen LogP contribution < -0.4 is 4.90 Å². The van der Waals surface area contributed by atoms with E-state index in [0.717, 1.165) is 47.9 Å². The smallest absolute Gasteiger partial charge is 0.260 e. The fourth-order valence-corrected chi connectivity index (χ4v) is 7.43. The molecule has 1 aromatic heterocycles. The van der Waals surface area contributed by atoms with Crippen LogP contribution >= 0.6 is 11.3 Å². The summed E-state index contributed by atoms with van der Waals surface area (Å²) in [6, 6.07) is 12.5. The van der Waals surface area contributed by atoms with Gasteiger partial charge in [0.1, 0.15) is 0 Å². The molecule has 3 heterocycles. The van der Waals surface area contributed by atoms with Crippen molar-refractivity contribution in [2.75, 3.05) is 31.1 Å². The van der Waals surface area contributed by atoms with Crippen LogP contribution in [0, 0.1) is 5.92 Å². The summed E-state index contributed by atoms with van der Waals surface area (Å²) in [5, 5.41) is 0.644. The van der Waals surface area contributed by atoms with Crippen LogP contribution in [0.1, 0.15) is 55.5 Å². The third-order valence-electron chi connectivity index (χ3n) is 7.24. The Hall–Kier alpha value is -2.33. The Labute approximate surface area is 217 Å². The van der Waals surface area contributed by atoms with E-state index in [2.05, 4.69) is 19.9 Å². The van der Waals surface area contributed by atoms with Gasteiger partial charge >= 0.3 is 0 Å². The number of rotatable bonds is 7. The van der Waals surface area contributed by atoms with Gasteiger partial charge in [0, 0.05) is 25.3 Å². The predicted molar refractivity (Wildman–Crippen MR) is 143 cm³/mol. The molecule has 2 aliphatic heterocycles. The van der Waals surface area contributed by atoms with E-state index in [1.165, 1.54) is 11.3 Å². The highest BCUT2D eigenvalue weighted by Crippen LogP contribution is 2.33. The molecule has 3 aromatic rings. The number of thiazole rings is 1. The zero-order valence-corrected chi connectivity index (χ0v) is 22.5. The highest BCUT2D eigenvalue weighted by Gasteiger charge is 2.30. The normalized spacial score (nSPS) is 19.7. The topological polar surface area (TPSA) is 79.8 Å². The largest absolute Gasteiger partial charge is 0.376 e.